The van der Waals surface area contributed by atoms with E-state index >= 15 is 0 Å². The largest absolute Gasteiger partial charge is 0.417 e. The summed E-state index contributed by atoms with van der Waals surface area (Å²) in [7, 11) is -2.13. The maximum Gasteiger partial charge on any atom is 0.417 e. The fourth-order valence-electron chi connectivity index (χ4n) is 1.36. The molecule has 0 amide bonds. The SMILES string of the molecule is CC.CC.Cc1ccc(S(=O)NC(C)(C)CF)c(C(F)(F)F)c1. The smallest absolute Gasteiger partial charge is 0.249 e. The number of nitrogens with one attached hydrogen (secondary N) is 1. The van der Waals surface area contributed by atoms with Crippen LogP contribution in [0.15, 0.2) is 23.1 Å². The number of rotatable bonds is 4. The highest BCUT2D eigenvalue weighted by Gasteiger charge is 2.36. The maximum absolute atomic E-state index is 12.9. The van der Waals surface area contributed by atoms with Crippen LogP contribution in [0.4, 0.5) is 17.6 Å². The highest BCUT2D eigenvalue weighted by molar-refractivity contribution is 7.83. The van der Waals surface area contributed by atoms with E-state index in [2.05, 4.69) is 4.72 Å². The molecule has 0 aliphatic heterocycles. The molecule has 0 saturated heterocycles. The lowest BCUT2D eigenvalue weighted by molar-refractivity contribution is -0.139. The van der Waals surface area contributed by atoms with E-state index in [0.717, 1.165) is 12.1 Å². The van der Waals surface area contributed by atoms with E-state index in [1.807, 2.05) is 27.7 Å². The molecule has 0 heterocycles. The van der Waals surface area contributed by atoms with Crippen LogP contribution in [0, 0.1) is 6.92 Å². The maximum atomic E-state index is 12.9. The molecular weight excluding hydrogens is 330 g/mol. The van der Waals surface area contributed by atoms with Crippen LogP contribution in [0.1, 0.15) is 52.7 Å². The van der Waals surface area contributed by atoms with Crippen molar-refractivity contribution < 1.29 is 21.8 Å². The third kappa shape index (κ3) is 8.46. The van der Waals surface area contributed by atoms with Crippen molar-refractivity contribution in [1.82, 2.24) is 4.72 Å². The molecule has 0 saturated carbocycles. The minimum absolute atomic E-state index is 0.389. The predicted molar refractivity (Wildman–Crippen MR) is 88.5 cm³/mol. The number of aryl methyl sites for hydroxylation is 1. The normalized spacial score (nSPS) is 12.5. The summed E-state index contributed by atoms with van der Waals surface area (Å²) in [4.78, 5) is -0.389. The Bertz CT molecular complexity index is 487. The summed E-state index contributed by atoms with van der Waals surface area (Å²) < 4.78 is 65.5. The Hall–Kier alpha value is -0.950. The van der Waals surface area contributed by atoms with Gasteiger partial charge in [0.15, 0.2) is 0 Å². The number of hydrogen-bond donors (Lipinski definition) is 1. The van der Waals surface area contributed by atoms with Crippen molar-refractivity contribution in [3.05, 3.63) is 29.3 Å². The van der Waals surface area contributed by atoms with Gasteiger partial charge in [-0.15, -0.1) is 0 Å². The zero-order chi connectivity index (χ0) is 18.8. The summed E-state index contributed by atoms with van der Waals surface area (Å²) in [5, 5.41) is 0. The Balaban J connectivity index is 0. The first-order valence-corrected chi connectivity index (χ1v) is 8.65. The summed E-state index contributed by atoms with van der Waals surface area (Å²) in [5.41, 5.74) is -1.70. The van der Waals surface area contributed by atoms with E-state index in [4.69, 9.17) is 0 Å². The van der Waals surface area contributed by atoms with Gasteiger partial charge in [-0.05, 0) is 32.9 Å². The topological polar surface area (TPSA) is 29.1 Å². The van der Waals surface area contributed by atoms with Crippen molar-refractivity contribution in [2.45, 2.75) is 65.1 Å². The molecule has 0 aliphatic rings. The van der Waals surface area contributed by atoms with Crippen molar-refractivity contribution in [1.29, 1.82) is 0 Å². The molecule has 0 aliphatic carbocycles. The first-order valence-electron chi connectivity index (χ1n) is 7.50. The Morgan fingerprint density at radius 1 is 1.09 bits per heavy atom. The minimum atomic E-state index is -4.60. The Kier molecular flexibility index (Phi) is 11.4. The predicted octanol–water partition coefficient (Wildman–Crippen LogP) is 5.43. The van der Waals surface area contributed by atoms with Crippen molar-refractivity contribution >= 4 is 11.0 Å². The molecule has 23 heavy (non-hydrogen) atoms. The van der Waals surface area contributed by atoms with E-state index in [9.17, 15) is 21.8 Å². The molecule has 1 rings (SSSR count). The number of hydrogen-bond acceptors (Lipinski definition) is 1. The molecule has 2 nitrogen and oxygen atoms in total. The van der Waals surface area contributed by atoms with E-state index in [1.165, 1.54) is 26.8 Å². The minimum Gasteiger partial charge on any atom is -0.249 e. The van der Waals surface area contributed by atoms with Crippen LogP contribution in [0.5, 0.6) is 0 Å². The van der Waals surface area contributed by atoms with Gasteiger partial charge in [0.1, 0.15) is 17.7 Å². The number of halogens is 4. The summed E-state index contributed by atoms with van der Waals surface area (Å²) >= 11 is 0. The molecule has 1 aromatic carbocycles. The molecule has 1 N–H and O–H groups in total. The van der Waals surface area contributed by atoms with Crippen LogP contribution < -0.4 is 4.72 Å². The summed E-state index contributed by atoms with van der Waals surface area (Å²) in [5.74, 6) is 0. The number of alkyl halides is 4. The second-order valence-electron chi connectivity index (χ2n) is 4.89. The molecule has 0 fully saturated rings. The van der Waals surface area contributed by atoms with Gasteiger partial charge in [-0.3, -0.25) is 0 Å². The quantitative estimate of drug-likeness (QED) is 0.716. The second-order valence-corrected chi connectivity index (χ2v) is 6.07. The molecule has 136 valence electrons. The molecule has 0 radical (unpaired) electrons. The van der Waals surface area contributed by atoms with Gasteiger partial charge in [0.25, 0.3) is 0 Å². The van der Waals surface area contributed by atoms with E-state index in [0.29, 0.717) is 5.56 Å². The summed E-state index contributed by atoms with van der Waals surface area (Å²) in [6, 6.07) is 3.51. The van der Waals surface area contributed by atoms with Crippen LogP contribution in [0.2, 0.25) is 0 Å². The average molecular weight is 357 g/mol. The molecule has 1 unspecified atom stereocenters. The molecule has 0 aromatic heterocycles. The third-order valence-electron chi connectivity index (χ3n) is 2.34. The Morgan fingerprint density at radius 2 is 1.57 bits per heavy atom. The fourth-order valence-corrected chi connectivity index (χ4v) is 2.59. The van der Waals surface area contributed by atoms with Crippen LogP contribution in [0.3, 0.4) is 0 Å². The summed E-state index contributed by atoms with van der Waals surface area (Å²) in [6.07, 6.45) is -4.60. The first-order chi connectivity index (χ1) is 10.6. The van der Waals surface area contributed by atoms with Gasteiger partial charge >= 0.3 is 6.18 Å². The monoisotopic (exact) mass is 357 g/mol. The average Bonchev–Trinajstić information content (AvgIpc) is 2.50. The molecule has 1 aromatic rings. The van der Waals surface area contributed by atoms with Crippen molar-refractivity contribution in [2.24, 2.45) is 0 Å². The van der Waals surface area contributed by atoms with Gasteiger partial charge in [-0.1, -0.05) is 39.3 Å². The van der Waals surface area contributed by atoms with Crippen LogP contribution >= 0.6 is 0 Å². The van der Waals surface area contributed by atoms with E-state index < -0.39 is 34.9 Å². The standard InChI is InChI=1S/C12H15F4NOS.2C2H6/c1-8-4-5-10(9(6-8)12(14,15)16)19(18)17-11(2,3)7-13;2*1-2/h4-6,17H,7H2,1-3H3;2*1-2H3. The fraction of sp³-hybridized carbons (Fsp3) is 0.625. The van der Waals surface area contributed by atoms with Crippen molar-refractivity contribution in [3.8, 4) is 0 Å². The lowest BCUT2D eigenvalue weighted by atomic mass is 10.1. The lowest BCUT2D eigenvalue weighted by Crippen LogP contribution is -2.42. The van der Waals surface area contributed by atoms with Gasteiger partial charge in [-0.25, -0.2) is 13.3 Å². The molecule has 7 heteroatoms. The molecule has 0 bridgehead atoms. The molecular formula is C16H27F4NOS. The highest BCUT2D eigenvalue weighted by Crippen LogP contribution is 2.34. The van der Waals surface area contributed by atoms with Crippen LogP contribution in [-0.4, -0.2) is 16.4 Å². The Morgan fingerprint density at radius 3 is 1.96 bits per heavy atom. The zero-order valence-electron chi connectivity index (χ0n) is 14.8. The van der Waals surface area contributed by atoms with Crippen LogP contribution in [-0.2, 0) is 17.2 Å². The zero-order valence-corrected chi connectivity index (χ0v) is 15.6. The first kappa shape index (κ1) is 24.3. The van der Waals surface area contributed by atoms with Gasteiger partial charge in [-0.2, -0.15) is 13.2 Å². The van der Waals surface area contributed by atoms with Gasteiger partial charge in [0.2, 0.25) is 0 Å². The molecule has 1 atom stereocenters. The highest BCUT2D eigenvalue weighted by atomic mass is 32.2. The lowest BCUT2D eigenvalue weighted by Gasteiger charge is -2.22. The Labute approximate surface area is 139 Å². The van der Waals surface area contributed by atoms with Crippen LogP contribution in [0.25, 0.3) is 0 Å². The van der Waals surface area contributed by atoms with Gasteiger partial charge in [0.05, 0.1) is 16.0 Å². The van der Waals surface area contributed by atoms with Gasteiger partial charge in [0, 0.05) is 0 Å². The van der Waals surface area contributed by atoms with Crippen molar-refractivity contribution in [2.75, 3.05) is 6.67 Å². The van der Waals surface area contributed by atoms with Crippen molar-refractivity contribution in [3.63, 3.8) is 0 Å². The second kappa shape index (κ2) is 10.8. The molecule has 0 spiro atoms. The summed E-state index contributed by atoms with van der Waals surface area (Å²) in [6.45, 7) is 11.5. The third-order valence-corrected chi connectivity index (χ3v) is 3.84. The van der Waals surface area contributed by atoms with E-state index in [-0.39, 0.29) is 4.90 Å². The number of benzene rings is 1. The van der Waals surface area contributed by atoms with Gasteiger partial charge < -0.3 is 0 Å². The van der Waals surface area contributed by atoms with E-state index in [1.54, 1.807) is 0 Å².